The number of carbonyl (C=O) groups is 2. The monoisotopic (exact) mass is 768 g/mol. The number of rotatable bonds is 10. The van der Waals surface area contributed by atoms with Crippen molar-refractivity contribution in [1.82, 2.24) is 29.1 Å². The quantitative estimate of drug-likeness (QED) is 0.117. The van der Waals surface area contributed by atoms with Crippen LogP contribution in [0.5, 0.6) is 11.5 Å². The molecule has 0 unspecified atom stereocenters. The number of methoxy groups -OCH3 is 1. The van der Waals surface area contributed by atoms with Gasteiger partial charge in [0.25, 0.3) is 0 Å². The number of benzene rings is 4. The summed E-state index contributed by atoms with van der Waals surface area (Å²) in [4.78, 5) is 41.0. The SMILES string of the molecule is COC(=O)c1cc(-c2nc3ccccc3n2CCc2ccc(F)cc2)ncc1O.O=C(O)c1cc(-c2nc3ccccc3n2CCc2ccc(F)cc2)ncc1O. The number of aromatic nitrogens is 6. The maximum atomic E-state index is 13.2. The Bertz CT molecular complexity index is 2730. The Labute approximate surface area is 324 Å². The van der Waals surface area contributed by atoms with Crippen LogP contribution in [0, 0.1) is 11.6 Å². The smallest absolute Gasteiger partial charge is 0.341 e. The van der Waals surface area contributed by atoms with Crippen molar-refractivity contribution in [3.63, 3.8) is 0 Å². The lowest BCUT2D eigenvalue weighted by Crippen LogP contribution is -2.06. The number of ether oxygens (including phenoxy) is 1. The van der Waals surface area contributed by atoms with E-state index in [4.69, 9.17) is 4.74 Å². The van der Waals surface area contributed by atoms with E-state index in [1.807, 2.05) is 57.7 Å². The Balaban J connectivity index is 0.000000174. The van der Waals surface area contributed by atoms with Gasteiger partial charge in [-0.2, -0.15) is 0 Å². The molecular weight excluding hydrogens is 735 g/mol. The van der Waals surface area contributed by atoms with Gasteiger partial charge in [0, 0.05) is 13.1 Å². The molecule has 0 radical (unpaired) electrons. The minimum absolute atomic E-state index is 0.0228. The van der Waals surface area contributed by atoms with Gasteiger partial charge in [0.15, 0.2) is 11.6 Å². The third-order valence-corrected chi connectivity index (χ3v) is 9.24. The van der Waals surface area contributed by atoms with Gasteiger partial charge in [-0.05, 0) is 84.6 Å². The molecule has 0 aliphatic carbocycles. The summed E-state index contributed by atoms with van der Waals surface area (Å²) in [5, 5.41) is 29.0. The summed E-state index contributed by atoms with van der Waals surface area (Å²) in [7, 11) is 1.25. The van der Waals surface area contributed by atoms with Gasteiger partial charge < -0.3 is 29.2 Å². The Morgan fingerprint density at radius 3 is 1.49 bits per heavy atom. The van der Waals surface area contributed by atoms with Crippen LogP contribution >= 0.6 is 0 Å². The Morgan fingerprint density at radius 2 is 1.05 bits per heavy atom. The first-order valence-corrected chi connectivity index (χ1v) is 17.7. The molecule has 3 N–H and O–H groups in total. The topological polar surface area (TPSA) is 165 Å². The van der Waals surface area contributed by atoms with Gasteiger partial charge in [0.05, 0.1) is 41.6 Å². The van der Waals surface area contributed by atoms with Crippen LogP contribution in [0.1, 0.15) is 31.8 Å². The lowest BCUT2D eigenvalue weighted by atomic mass is 10.1. The molecule has 8 aromatic rings. The first kappa shape index (κ1) is 37.8. The highest BCUT2D eigenvalue weighted by Crippen LogP contribution is 2.29. The minimum Gasteiger partial charge on any atom is -0.505 e. The van der Waals surface area contributed by atoms with E-state index in [0.29, 0.717) is 49.0 Å². The van der Waals surface area contributed by atoms with E-state index in [1.54, 1.807) is 24.3 Å². The number of pyridine rings is 2. The van der Waals surface area contributed by atoms with Gasteiger partial charge in [-0.1, -0.05) is 48.5 Å². The highest BCUT2D eigenvalue weighted by atomic mass is 19.1. The van der Waals surface area contributed by atoms with E-state index in [2.05, 4.69) is 19.9 Å². The highest BCUT2D eigenvalue weighted by molar-refractivity contribution is 5.94. The summed E-state index contributed by atoms with van der Waals surface area (Å²) in [5.41, 5.74) is 5.88. The molecule has 0 aliphatic rings. The van der Waals surface area contributed by atoms with Crippen LogP contribution in [0.3, 0.4) is 0 Å². The predicted octanol–water partition coefficient (Wildman–Crippen LogP) is 7.86. The lowest BCUT2D eigenvalue weighted by Gasteiger charge is -2.10. The third kappa shape index (κ3) is 8.29. The summed E-state index contributed by atoms with van der Waals surface area (Å²) in [6, 6.07) is 30.7. The molecular formula is C43H34F2N6O6. The fourth-order valence-corrected chi connectivity index (χ4v) is 6.36. The zero-order chi connectivity index (χ0) is 40.1. The van der Waals surface area contributed by atoms with E-state index in [9.17, 15) is 33.7 Å². The molecule has 8 rings (SSSR count). The molecule has 286 valence electrons. The van der Waals surface area contributed by atoms with E-state index in [0.717, 1.165) is 39.4 Å². The van der Waals surface area contributed by atoms with Crippen LogP contribution in [0.15, 0.2) is 122 Å². The first-order valence-electron chi connectivity index (χ1n) is 17.7. The number of aryl methyl sites for hydroxylation is 4. The molecule has 4 heterocycles. The van der Waals surface area contributed by atoms with Crippen LogP contribution in [-0.4, -0.2) is 63.4 Å². The van der Waals surface area contributed by atoms with Crippen molar-refractivity contribution in [3.8, 4) is 34.5 Å². The normalized spacial score (nSPS) is 11.0. The number of para-hydroxylation sites is 4. The molecule has 12 nitrogen and oxygen atoms in total. The summed E-state index contributed by atoms with van der Waals surface area (Å²) in [5.74, 6) is -2.03. The number of halogens is 2. The summed E-state index contributed by atoms with van der Waals surface area (Å²) < 4.78 is 35.0. The second-order valence-corrected chi connectivity index (χ2v) is 12.9. The van der Waals surface area contributed by atoms with Crippen LogP contribution in [-0.2, 0) is 30.7 Å². The number of aromatic hydroxyl groups is 2. The molecule has 0 bridgehead atoms. The lowest BCUT2D eigenvalue weighted by molar-refractivity contribution is 0.0596. The second kappa shape index (κ2) is 16.5. The predicted molar refractivity (Wildman–Crippen MR) is 208 cm³/mol. The van der Waals surface area contributed by atoms with Crippen LogP contribution in [0.2, 0.25) is 0 Å². The zero-order valence-electron chi connectivity index (χ0n) is 30.4. The molecule has 0 spiro atoms. The van der Waals surface area contributed by atoms with Crippen molar-refractivity contribution in [2.45, 2.75) is 25.9 Å². The largest absolute Gasteiger partial charge is 0.505 e. The summed E-state index contributed by atoms with van der Waals surface area (Å²) in [6.45, 7) is 1.13. The molecule has 57 heavy (non-hydrogen) atoms. The number of esters is 1. The van der Waals surface area contributed by atoms with Gasteiger partial charge >= 0.3 is 11.9 Å². The molecule has 0 atom stereocenters. The van der Waals surface area contributed by atoms with Crippen LogP contribution in [0.4, 0.5) is 8.78 Å². The fourth-order valence-electron chi connectivity index (χ4n) is 6.36. The number of carbonyl (C=O) groups excluding carboxylic acids is 1. The van der Waals surface area contributed by atoms with Crippen molar-refractivity contribution in [2.75, 3.05) is 7.11 Å². The molecule has 0 saturated carbocycles. The molecule has 0 aliphatic heterocycles. The first-order chi connectivity index (χ1) is 27.6. The van der Waals surface area contributed by atoms with Crippen LogP contribution < -0.4 is 0 Å². The van der Waals surface area contributed by atoms with Crippen molar-refractivity contribution < 1.29 is 38.4 Å². The van der Waals surface area contributed by atoms with Gasteiger partial charge in [-0.25, -0.2) is 38.3 Å². The van der Waals surface area contributed by atoms with E-state index in [-0.39, 0.29) is 28.5 Å². The number of imidazole rings is 2. The number of carboxylic acids is 1. The maximum absolute atomic E-state index is 13.2. The number of aromatic carboxylic acids is 1. The van der Waals surface area contributed by atoms with Crippen molar-refractivity contribution in [2.24, 2.45) is 0 Å². The Kier molecular flexibility index (Phi) is 10.9. The second-order valence-electron chi connectivity index (χ2n) is 12.9. The highest BCUT2D eigenvalue weighted by Gasteiger charge is 2.20. The van der Waals surface area contributed by atoms with Gasteiger partial charge in [0.2, 0.25) is 0 Å². The minimum atomic E-state index is -1.24. The zero-order valence-corrected chi connectivity index (χ0v) is 30.4. The number of hydrogen-bond donors (Lipinski definition) is 3. The molecule has 0 amide bonds. The maximum Gasteiger partial charge on any atom is 0.341 e. The Hall–Kier alpha value is -7.48. The summed E-state index contributed by atoms with van der Waals surface area (Å²) >= 11 is 0. The van der Waals surface area contributed by atoms with Crippen LogP contribution in [0.25, 0.3) is 45.1 Å². The molecule has 4 aromatic heterocycles. The Morgan fingerprint density at radius 1 is 0.632 bits per heavy atom. The van der Waals surface area contributed by atoms with Gasteiger partial charge in [-0.3, -0.25) is 0 Å². The van der Waals surface area contributed by atoms with Gasteiger partial charge in [-0.15, -0.1) is 0 Å². The molecule has 0 fully saturated rings. The van der Waals surface area contributed by atoms with Gasteiger partial charge in [0.1, 0.15) is 45.6 Å². The number of nitrogens with zero attached hydrogens (tertiary/aromatic N) is 6. The van der Waals surface area contributed by atoms with E-state index in [1.165, 1.54) is 49.7 Å². The van der Waals surface area contributed by atoms with E-state index >= 15 is 0 Å². The van der Waals surface area contributed by atoms with Crippen molar-refractivity contribution >= 4 is 34.0 Å². The summed E-state index contributed by atoms with van der Waals surface area (Å²) in [6.07, 6.45) is 3.63. The number of fused-ring (bicyclic) bond motifs is 2. The third-order valence-electron chi connectivity index (χ3n) is 9.24. The van der Waals surface area contributed by atoms with E-state index < -0.39 is 17.7 Å². The standard InChI is InChI=1S/C22H18FN3O3.C21H16FN3O3/c1-29-22(28)16-12-18(24-13-20(16)27)21-25-17-4-2-3-5-19(17)26(21)11-10-14-6-8-15(23)9-7-14;22-14-7-5-13(6-8-14)9-10-25-18-4-2-1-3-16(18)24-20(25)17-11-15(21(27)28)19(26)12-23-17/h2-9,12-13,27H,10-11H2,1H3;1-8,11-12,26H,9-10H2,(H,27,28). The average Bonchev–Trinajstić information content (AvgIpc) is 3.79. The molecule has 14 heteroatoms. The van der Waals surface area contributed by atoms with Crippen molar-refractivity contribution in [1.29, 1.82) is 0 Å². The fraction of sp³-hybridized carbons (Fsp3) is 0.116. The average molecular weight is 769 g/mol. The molecule has 0 saturated heterocycles. The molecule has 4 aromatic carbocycles. The number of carboxylic acid groups (broad SMARTS) is 1. The van der Waals surface area contributed by atoms with Crippen molar-refractivity contribution in [3.05, 3.63) is 155 Å². The number of hydrogen-bond acceptors (Lipinski definition) is 9.